The molecule has 0 saturated carbocycles. The number of ether oxygens (including phenoxy) is 5. The van der Waals surface area contributed by atoms with E-state index in [0.717, 1.165) is 0 Å². The van der Waals surface area contributed by atoms with Gasteiger partial charge in [0.05, 0.1) is 11.0 Å². The lowest BCUT2D eigenvalue weighted by atomic mass is 10.1. The first-order chi connectivity index (χ1) is 11.1. The molecule has 0 radical (unpaired) electrons. The third-order valence-corrected chi connectivity index (χ3v) is 3.62. The van der Waals surface area contributed by atoms with Crippen molar-refractivity contribution < 1.29 is 28.5 Å². The highest BCUT2D eigenvalue weighted by atomic mass is 127. The molecular formula is C16H25IO6. The van der Waals surface area contributed by atoms with Gasteiger partial charge in [0.15, 0.2) is 12.6 Å². The van der Waals surface area contributed by atoms with Gasteiger partial charge < -0.3 is 23.7 Å². The maximum Gasteiger partial charge on any atom is 0.330 e. The van der Waals surface area contributed by atoms with Gasteiger partial charge in [-0.3, -0.25) is 0 Å². The number of halogens is 1. The number of alkyl halides is 1. The van der Waals surface area contributed by atoms with Crippen LogP contribution in [0.25, 0.3) is 0 Å². The average molecular weight is 440 g/mol. The van der Waals surface area contributed by atoms with Crippen molar-refractivity contribution >= 4 is 28.6 Å². The molecule has 0 spiro atoms. The van der Waals surface area contributed by atoms with Gasteiger partial charge in [-0.15, -0.1) is 0 Å². The second-order valence-corrected chi connectivity index (χ2v) is 5.44. The molecule has 7 heteroatoms. The summed E-state index contributed by atoms with van der Waals surface area (Å²) in [7, 11) is 0. The van der Waals surface area contributed by atoms with Crippen molar-refractivity contribution in [2.24, 2.45) is 0 Å². The zero-order chi connectivity index (χ0) is 17.1. The molecule has 0 saturated heterocycles. The van der Waals surface area contributed by atoms with Gasteiger partial charge in [-0.05, 0) is 32.9 Å². The highest BCUT2D eigenvalue weighted by molar-refractivity contribution is 14.1. The van der Waals surface area contributed by atoms with E-state index in [-0.39, 0.29) is 12.4 Å². The molecular weight excluding hydrogens is 415 g/mol. The Morgan fingerprint density at radius 1 is 1.26 bits per heavy atom. The van der Waals surface area contributed by atoms with Crippen LogP contribution in [-0.2, 0) is 28.5 Å². The second-order valence-electron chi connectivity index (χ2n) is 4.56. The van der Waals surface area contributed by atoms with E-state index in [1.54, 1.807) is 19.1 Å². The molecule has 0 aromatic heterocycles. The van der Waals surface area contributed by atoms with E-state index in [2.05, 4.69) is 22.6 Å². The van der Waals surface area contributed by atoms with E-state index in [1.165, 1.54) is 6.08 Å². The molecule has 23 heavy (non-hydrogen) atoms. The van der Waals surface area contributed by atoms with Crippen LogP contribution in [-0.4, -0.2) is 55.0 Å². The molecule has 0 aromatic carbocycles. The Balaban J connectivity index is 2.76. The molecule has 0 aliphatic carbocycles. The molecule has 1 rings (SSSR count). The lowest BCUT2D eigenvalue weighted by molar-refractivity contribution is -0.202. The van der Waals surface area contributed by atoms with Crippen LogP contribution in [0.1, 0.15) is 20.8 Å². The molecule has 132 valence electrons. The Bertz CT molecular complexity index is 398. The number of hydrogen-bond donors (Lipinski definition) is 0. The Labute approximate surface area is 151 Å². The lowest BCUT2D eigenvalue weighted by Crippen LogP contribution is -2.40. The summed E-state index contributed by atoms with van der Waals surface area (Å²) < 4.78 is 28.3. The van der Waals surface area contributed by atoms with Crippen molar-refractivity contribution in [2.75, 3.05) is 24.2 Å². The first-order valence-electron chi connectivity index (χ1n) is 7.77. The number of esters is 1. The Morgan fingerprint density at radius 2 is 2.04 bits per heavy atom. The first kappa shape index (κ1) is 20.6. The van der Waals surface area contributed by atoms with E-state index in [9.17, 15) is 4.79 Å². The van der Waals surface area contributed by atoms with Gasteiger partial charge in [0.25, 0.3) is 0 Å². The Kier molecular flexibility index (Phi) is 10.7. The minimum absolute atomic E-state index is 0.331. The predicted molar refractivity (Wildman–Crippen MR) is 94.4 cm³/mol. The first-order valence-corrected chi connectivity index (χ1v) is 9.30. The molecule has 0 fully saturated rings. The summed E-state index contributed by atoms with van der Waals surface area (Å²) in [6.07, 6.45) is 5.07. The fourth-order valence-electron chi connectivity index (χ4n) is 1.97. The quantitative estimate of drug-likeness (QED) is 0.130. The fraction of sp³-hybridized carbons (Fsp3) is 0.688. The minimum Gasteiger partial charge on any atom is -0.463 e. The number of carbonyl (C=O) groups is 1. The van der Waals surface area contributed by atoms with Crippen LogP contribution in [0.3, 0.4) is 0 Å². The maximum atomic E-state index is 11.5. The van der Waals surface area contributed by atoms with Crippen LogP contribution >= 0.6 is 22.6 Å². The molecule has 0 N–H and O–H groups in total. The Hall–Kier alpha value is -0.480. The fourth-order valence-corrected chi connectivity index (χ4v) is 2.43. The van der Waals surface area contributed by atoms with Crippen LogP contribution in [0.5, 0.6) is 0 Å². The van der Waals surface area contributed by atoms with Crippen LogP contribution in [0.2, 0.25) is 0 Å². The molecule has 6 nitrogen and oxygen atoms in total. The molecule has 0 aromatic rings. The van der Waals surface area contributed by atoms with Crippen molar-refractivity contribution in [3.63, 3.8) is 0 Å². The standard InChI is InChI=1S/C16H25IO6/c1-4-19-14(18)9-7-12-13(23-16(11-17)21-6-3)8-10-15(22-12)20-5-2/h7-10,12-13,15-16H,4-6,11H2,1-3H3/b9-7+/t12-,13+,15+,16-/m1/s1. The predicted octanol–water partition coefficient (Wildman–Crippen LogP) is 2.61. The average Bonchev–Trinajstić information content (AvgIpc) is 2.54. The van der Waals surface area contributed by atoms with Crippen LogP contribution in [0, 0.1) is 0 Å². The van der Waals surface area contributed by atoms with Gasteiger partial charge in [-0.2, -0.15) is 0 Å². The SMILES string of the molecule is CCOC(=O)/C=C/[C@H]1O[C@H](OCC)C=C[C@@H]1O[C@H](CI)OCC. The van der Waals surface area contributed by atoms with Gasteiger partial charge in [0, 0.05) is 19.3 Å². The van der Waals surface area contributed by atoms with E-state index in [1.807, 2.05) is 19.9 Å². The van der Waals surface area contributed by atoms with E-state index in [4.69, 9.17) is 23.7 Å². The number of carbonyl (C=O) groups excluding carboxylic acids is 1. The topological polar surface area (TPSA) is 63.2 Å². The van der Waals surface area contributed by atoms with Crippen molar-refractivity contribution in [2.45, 2.75) is 45.6 Å². The normalized spacial score (nSPS) is 25.7. The molecule has 0 unspecified atom stereocenters. The van der Waals surface area contributed by atoms with Gasteiger partial charge in [0.2, 0.25) is 0 Å². The second kappa shape index (κ2) is 12.0. The van der Waals surface area contributed by atoms with E-state index >= 15 is 0 Å². The van der Waals surface area contributed by atoms with Gasteiger partial charge in [-0.25, -0.2) is 4.79 Å². The molecule has 1 aliphatic heterocycles. The summed E-state index contributed by atoms with van der Waals surface area (Å²) >= 11 is 2.20. The number of hydrogen-bond acceptors (Lipinski definition) is 6. The highest BCUT2D eigenvalue weighted by Crippen LogP contribution is 2.20. The van der Waals surface area contributed by atoms with Crippen LogP contribution in [0.15, 0.2) is 24.3 Å². The minimum atomic E-state index is -0.457. The van der Waals surface area contributed by atoms with Crippen molar-refractivity contribution in [1.82, 2.24) is 0 Å². The molecule has 0 bridgehead atoms. The Morgan fingerprint density at radius 3 is 2.65 bits per heavy atom. The van der Waals surface area contributed by atoms with Crippen molar-refractivity contribution in [3.05, 3.63) is 24.3 Å². The lowest BCUT2D eigenvalue weighted by Gasteiger charge is -2.32. The van der Waals surface area contributed by atoms with Gasteiger partial charge in [-0.1, -0.05) is 28.7 Å². The molecule has 1 heterocycles. The smallest absolute Gasteiger partial charge is 0.330 e. The molecule has 4 atom stereocenters. The summed E-state index contributed by atoms with van der Waals surface area (Å²) in [5.41, 5.74) is 0. The summed E-state index contributed by atoms with van der Waals surface area (Å²) in [6, 6.07) is 0. The van der Waals surface area contributed by atoms with E-state index < -0.39 is 18.4 Å². The summed E-state index contributed by atoms with van der Waals surface area (Å²) in [5.74, 6) is -0.410. The van der Waals surface area contributed by atoms with E-state index in [0.29, 0.717) is 24.2 Å². The van der Waals surface area contributed by atoms with Crippen LogP contribution < -0.4 is 0 Å². The van der Waals surface area contributed by atoms with Crippen LogP contribution in [0.4, 0.5) is 0 Å². The largest absolute Gasteiger partial charge is 0.463 e. The summed E-state index contributed by atoms with van der Waals surface area (Å²) in [5, 5.41) is 0. The zero-order valence-electron chi connectivity index (χ0n) is 13.8. The van der Waals surface area contributed by atoms with Crippen molar-refractivity contribution in [3.8, 4) is 0 Å². The highest BCUT2D eigenvalue weighted by Gasteiger charge is 2.28. The third kappa shape index (κ3) is 7.75. The summed E-state index contributed by atoms with van der Waals surface area (Å²) in [4.78, 5) is 11.5. The molecule has 1 aliphatic rings. The van der Waals surface area contributed by atoms with Crippen molar-refractivity contribution in [1.29, 1.82) is 0 Å². The maximum absolute atomic E-state index is 11.5. The monoisotopic (exact) mass is 440 g/mol. The third-order valence-electron chi connectivity index (χ3n) is 2.90. The number of rotatable bonds is 10. The van der Waals surface area contributed by atoms with Gasteiger partial charge in [0.1, 0.15) is 12.2 Å². The van der Waals surface area contributed by atoms with Gasteiger partial charge >= 0.3 is 5.97 Å². The molecule has 0 amide bonds. The summed E-state index contributed by atoms with van der Waals surface area (Å²) in [6.45, 7) is 7.00. The zero-order valence-corrected chi connectivity index (χ0v) is 15.9.